The molecule has 140 valence electrons. The molecule has 0 fully saturated rings. The van der Waals surface area contributed by atoms with Crippen LogP contribution >= 0.6 is 0 Å². The van der Waals surface area contributed by atoms with Crippen LogP contribution in [0.15, 0.2) is 73.4 Å². The third kappa shape index (κ3) is 4.31. The van der Waals surface area contributed by atoms with Gasteiger partial charge in [0.2, 0.25) is 0 Å². The molecule has 0 aliphatic rings. The predicted octanol–water partition coefficient (Wildman–Crippen LogP) is 4.94. The maximum Gasteiger partial charge on any atom is 0.123 e. The normalized spacial score (nSPS) is 12.1. The summed E-state index contributed by atoms with van der Waals surface area (Å²) in [4.78, 5) is 16.5. The van der Waals surface area contributed by atoms with Crippen molar-refractivity contribution in [2.45, 2.75) is 25.7 Å². The molecule has 1 aromatic carbocycles. The van der Waals surface area contributed by atoms with E-state index in [1.54, 1.807) is 18.6 Å². The smallest absolute Gasteiger partial charge is 0.123 e. The van der Waals surface area contributed by atoms with Crippen molar-refractivity contribution in [2.75, 3.05) is 0 Å². The Morgan fingerprint density at radius 3 is 2.50 bits per heavy atom. The molecule has 0 bridgehead atoms. The summed E-state index contributed by atoms with van der Waals surface area (Å²) >= 11 is 0. The monoisotopic (exact) mass is 372 g/mol. The lowest BCUT2D eigenvalue weighted by Gasteiger charge is -2.14. The lowest BCUT2D eigenvalue weighted by atomic mass is 9.94. The second-order valence-electron chi connectivity index (χ2n) is 6.97. The van der Waals surface area contributed by atoms with Crippen molar-refractivity contribution in [3.8, 4) is 11.1 Å². The Bertz CT molecular complexity index is 1030. The number of hydrogen-bond acceptors (Lipinski definition) is 3. The Morgan fingerprint density at radius 2 is 1.79 bits per heavy atom. The second kappa shape index (κ2) is 8.13. The molecule has 0 saturated heterocycles. The highest BCUT2D eigenvalue weighted by atomic mass is 19.1. The van der Waals surface area contributed by atoms with Crippen LogP contribution < -0.4 is 0 Å². The molecule has 0 saturated carbocycles. The predicted molar refractivity (Wildman–Crippen MR) is 107 cm³/mol. The van der Waals surface area contributed by atoms with Gasteiger partial charge in [0.25, 0.3) is 0 Å². The van der Waals surface area contributed by atoms with E-state index in [2.05, 4.69) is 40.1 Å². The highest BCUT2D eigenvalue weighted by Gasteiger charge is 2.12. The molecule has 4 aromatic rings. The minimum atomic E-state index is -0.213. The van der Waals surface area contributed by atoms with Gasteiger partial charge in [-0.1, -0.05) is 19.1 Å². The molecule has 1 atom stereocenters. The maximum atomic E-state index is 13.2. The van der Waals surface area contributed by atoms with E-state index in [1.165, 1.54) is 12.1 Å². The van der Waals surface area contributed by atoms with E-state index in [0.717, 1.165) is 40.2 Å². The molecule has 5 heteroatoms. The van der Waals surface area contributed by atoms with Crippen LogP contribution in [0.25, 0.3) is 11.1 Å². The summed E-state index contributed by atoms with van der Waals surface area (Å²) in [6.07, 6.45) is 10.4. The molecular weight excluding hydrogens is 351 g/mol. The number of halogens is 1. The van der Waals surface area contributed by atoms with Crippen LogP contribution in [0.2, 0.25) is 0 Å². The number of H-pyrrole nitrogens is 1. The number of rotatable bonds is 6. The molecule has 0 aliphatic carbocycles. The molecule has 3 aromatic heterocycles. The van der Waals surface area contributed by atoms with Gasteiger partial charge in [0, 0.05) is 48.8 Å². The quantitative estimate of drug-likeness (QED) is 0.521. The van der Waals surface area contributed by atoms with E-state index in [-0.39, 0.29) is 11.7 Å². The fraction of sp³-hybridized carbons (Fsp3) is 0.174. The summed E-state index contributed by atoms with van der Waals surface area (Å²) in [6, 6.07) is 13.0. The van der Waals surface area contributed by atoms with Gasteiger partial charge in [-0.3, -0.25) is 15.0 Å². The zero-order valence-electron chi connectivity index (χ0n) is 15.6. The number of hydrogen-bond donors (Lipinski definition) is 1. The second-order valence-corrected chi connectivity index (χ2v) is 6.97. The van der Waals surface area contributed by atoms with Crippen molar-refractivity contribution < 1.29 is 4.39 Å². The molecule has 3 heterocycles. The fourth-order valence-electron chi connectivity index (χ4n) is 3.34. The number of aromatic amines is 1. The van der Waals surface area contributed by atoms with E-state index in [9.17, 15) is 4.39 Å². The third-order valence-electron chi connectivity index (χ3n) is 4.80. The Kier molecular flexibility index (Phi) is 5.24. The van der Waals surface area contributed by atoms with Gasteiger partial charge in [-0.05, 0) is 59.4 Å². The summed E-state index contributed by atoms with van der Waals surface area (Å²) in [5.74, 6) is 0.0220. The van der Waals surface area contributed by atoms with E-state index < -0.39 is 0 Å². The van der Waals surface area contributed by atoms with Crippen LogP contribution in [0.5, 0.6) is 0 Å². The van der Waals surface area contributed by atoms with Gasteiger partial charge in [0.1, 0.15) is 5.82 Å². The van der Waals surface area contributed by atoms with Crippen molar-refractivity contribution in [2.24, 2.45) is 0 Å². The number of pyridine rings is 1. The van der Waals surface area contributed by atoms with Gasteiger partial charge >= 0.3 is 0 Å². The van der Waals surface area contributed by atoms with E-state index in [1.807, 2.05) is 24.5 Å². The van der Waals surface area contributed by atoms with Gasteiger partial charge < -0.3 is 4.98 Å². The number of aromatic nitrogens is 4. The minimum Gasteiger partial charge on any atom is -0.367 e. The van der Waals surface area contributed by atoms with E-state index in [0.29, 0.717) is 6.42 Å². The number of nitrogens with one attached hydrogen (secondary N) is 1. The van der Waals surface area contributed by atoms with Gasteiger partial charge in [0.05, 0.1) is 5.69 Å². The highest BCUT2D eigenvalue weighted by molar-refractivity contribution is 5.63. The summed E-state index contributed by atoms with van der Waals surface area (Å²) in [5, 5.41) is 0. The average molecular weight is 372 g/mol. The molecule has 0 spiro atoms. The standard InChI is InChI=1S/C23H21FN4/c1-16(17-2-4-20(24)5-3-17)10-21-11-19(18-6-7-25-14-18)12-22(28-21)13-23-15-26-8-9-27-23/h2-9,11-12,14-16,25H,10,13H2,1H3/t16-/m1/s1. The lowest BCUT2D eigenvalue weighted by Crippen LogP contribution is -2.04. The first-order valence-corrected chi connectivity index (χ1v) is 9.31. The van der Waals surface area contributed by atoms with Crippen molar-refractivity contribution in [1.82, 2.24) is 19.9 Å². The van der Waals surface area contributed by atoms with Gasteiger partial charge in [-0.2, -0.15) is 0 Å². The number of benzene rings is 1. The molecule has 0 aliphatic heterocycles. The summed E-state index contributed by atoms with van der Waals surface area (Å²) in [7, 11) is 0. The molecule has 0 amide bonds. The van der Waals surface area contributed by atoms with Crippen molar-refractivity contribution in [3.63, 3.8) is 0 Å². The number of nitrogens with zero attached hydrogens (tertiary/aromatic N) is 3. The fourth-order valence-corrected chi connectivity index (χ4v) is 3.34. The Labute approximate surface area is 163 Å². The first-order valence-electron chi connectivity index (χ1n) is 9.31. The van der Waals surface area contributed by atoms with E-state index >= 15 is 0 Å². The summed E-state index contributed by atoms with van der Waals surface area (Å²) in [5.41, 5.74) is 6.20. The topological polar surface area (TPSA) is 54.5 Å². The molecular formula is C23H21FN4. The average Bonchev–Trinajstić information content (AvgIpc) is 3.24. The third-order valence-corrected chi connectivity index (χ3v) is 4.80. The molecule has 0 unspecified atom stereocenters. The van der Waals surface area contributed by atoms with Crippen LogP contribution in [-0.4, -0.2) is 19.9 Å². The first-order chi connectivity index (χ1) is 13.7. The lowest BCUT2D eigenvalue weighted by molar-refractivity contribution is 0.625. The highest BCUT2D eigenvalue weighted by Crippen LogP contribution is 2.25. The zero-order valence-corrected chi connectivity index (χ0v) is 15.6. The van der Waals surface area contributed by atoms with Crippen molar-refractivity contribution in [3.05, 3.63) is 102 Å². The van der Waals surface area contributed by atoms with Crippen molar-refractivity contribution in [1.29, 1.82) is 0 Å². The van der Waals surface area contributed by atoms with Crippen molar-refractivity contribution >= 4 is 0 Å². The van der Waals surface area contributed by atoms with Crippen LogP contribution in [-0.2, 0) is 12.8 Å². The van der Waals surface area contributed by atoms with Gasteiger partial charge in [-0.25, -0.2) is 4.39 Å². The molecule has 4 rings (SSSR count). The van der Waals surface area contributed by atoms with Crippen LogP contribution in [0.1, 0.15) is 35.5 Å². The molecule has 4 nitrogen and oxygen atoms in total. The maximum absolute atomic E-state index is 13.2. The van der Waals surface area contributed by atoms with Gasteiger partial charge in [-0.15, -0.1) is 0 Å². The van der Waals surface area contributed by atoms with Crippen LogP contribution in [0, 0.1) is 5.82 Å². The SMILES string of the molecule is C[C@H](Cc1cc(-c2cc[nH]c2)cc(Cc2cnccn2)n1)c1ccc(F)cc1. The van der Waals surface area contributed by atoms with Crippen LogP contribution in [0.4, 0.5) is 4.39 Å². The Hall–Kier alpha value is -3.34. The first kappa shape index (κ1) is 18.0. The van der Waals surface area contributed by atoms with Gasteiger partial charge in [0.15, 0.2) is 0 Å². The molecule has 0 radical (unpaired) electrons. The Balaban J connectivity index is 1.64. The molecule has 28 heavy (non-hydrogen) atoms. The zero-order chi connectivity index (χ0) is 19.3. The van der Waals surface area contributed by atoms with Crippen LogP contribution in [0.3, 0.4) is 0 Å². The minimum absolute atomic E-state index is 0.213. The largest absolute Gasteiger partial charge is 0.367 e. The summed E-state index contributed by atoms with van der Waals surface area (Å²) < 4.78 is 13.2. The molecule has 1 N–H and O–H groups in total. The van der Waals surface area contributed by atoms with E-state index in [4.69, 9.17) is 4.98 Å². The Morgan fingerprint density at radius 1 is 0.964 bits per heavy atom. The summed E-state index contributed by atoms with van der Waals surface area (Å²) in [6.45, 7) is 2.14.